The quantitative estimate of drug-likeness (QED) is 0.902. The van der Waals surface area contributed by atoms with Crippen molar-refractivity contribution in [3.63, 3.8) is 0 Å². The molecule has 3 atom stereocenters. The predicted octanol–water partition coefficient (Wildman–Crippen LogP) is 4.45. The van der Waals surface area contributed by atoms with E-state index in [1.165, 1.54) is 5.56 Å². The molecule has 0 radical (unpaired) electrons. The van der Waals surface area contributed by atoms with Gasteiger partial charge in [0.25, 0.3) is 0 Å². The summed E-state index contributed by atoms with van der Waals surface area (Å²) in [6.45, 7) is 0. The molecular formula is C16H16Cl2N2. The number of halogens is 2. The number of rotatable bonds is 4. The van der Waals surface area contributed by atoms with Gasteiger partial charge in [0.15, 0.2) is 0 Å². The molecule has 2 nitrogen and oxygen atoms in total. The van der Waals surface area contributed by atoms with E-state index in [1.807, 2.05) is 13.1 Å². The van der Waals surface area contributed by atoms with Crippen LogP contribution in [0.1, 0.15) is 29.6 Å². The molecule has 1 aromatic carbocycles. The highest BCUT2D eigenvalue weighted by Gasteiger charge is 2.44. The zero-order chi connectivity index (χ0) is 14.1. The Kier molecular flexibility index (Phi) is 3.97. The highest BCUT2D eigenvalue weighted by Crippen LogP contribution is 2.54. The summed E-state index contributed by atoms with van der Waals surface area (Å²) in [7, 11) is 1.96. The standard InChI is InChI=1S/C16H16Cl2N2/c1-19-15(16-14(18)7-11(17)9-20-16)13-8-12(13)10-5-3-2-4-6-10/h2-7,9,12-13,15,19H,8H2,1H3. The molecule has 3 rings (SSSR count). The molecule has 1 aliphatic carbocycles. The van der Waals surface area contributed by atoms with Crippen molar-refractivity contribution < 1.29 is 0 Å². The van der Waals surface area contributed by atoms with Crippen molar-refractivity contribution in [1.82, 2.24) is 10.3 Å². The minimum Gasteiger partial charge on any atom is -0.311 e. The SMILES string of the molecule is CNC(c1ncc(Cl)cc1Cl)C1CC1c1ccccc1. The van der Waals surface area contributed by atoms with Crippen molar-refractivity contribution in [2.45, 2.75) is 18.4 Å². The Hall–Kier alpha value is -1.09. The maximum Gasteiger partial charge on any atom is 0.0763 e. The molecule has 1 heterocycles. The molecule has 2 aromatic rings. The molecule has 104 valence electrons. The van der Waals surface area contributed by atoms with E-state index in [2.05, 4.69) is 34.6 Å². The van der Waals surface area contributed by atoms with Gasteiger partial charge in [-0.3, -0.25) is 4.98 Å². The molecule has 0 spiro atoms. The Morgan fingerprint density at radius 3 is 2.65 bits per heavy atom. The van der Waals surface area contributed by atoms with E-state index in [9.17, 15) is 0 Å². The van der Waals surface area contributed by atoms with Crippen LogP contribution >= 0.6 is 23.2 Å². The van der Waals surface area contributed by atoms with Gasteiger partial charge in [-0.25, -0.2) is 0 Å². The van der Waals surface area contributed by atoms with E-state index in [-0.39, 0.29) is 6.04 Å². The minimum atomic E-state index is 0.171. The molecule has 3 unspecified atom stereocenters. The molecule has 1 aromatic heterocycles. The Labute approximate surface area is 129 Å². The van der Waals surface area contributed by atoms with Gasteiger partial charge in [-0.15, -0.1) is 0 Å². The van der Waals surface area contributed by atoms with Crippen molar-refractivity contribution in [1.29, 1.82) is 0 Å². The molecular weight excluding hydrogens is 291 g/mol. The second-order valence-corrected chi connectivity index (χ2v) is 6.05. The Bertz CT molecular complexity index is 601. The first-order chi connectivity index (χ1) is 9.70. The Balaban J connectivity index is 1.82. The lowest BCUT2D eigenvalue weighted by Gasteiger charge is -2.17. The van der Waals surface area contributed by atoms with Gasteiger partial charge in [0.1, 0.15) is 0 Å². The van der Waals surface area contributed by atoms with Gasteiger partial charge in [-0.1, -0.05) is 53.5 Å². The number of aromatic nitrogens is 1. The summed E-state index contributed by atoms with van der Waals surface area (Å²) in [5.41, 5.74) is 2.28. The topological polar surface area (TPSA) is 24.9 Å². The van der Waals surface area contributed by atoms with E-state index in [1.54, 1.807) is 12.3 Å². The molecule has 1 N–H and O–H groups in total. The van der Waals surface area contributed by atoms with Crippen molar-refractivity contribution in [2.75, 3.05) is 7.05 Å². The van der Waals surface area contributed by atoms with Crippen LogP contribution in [0.3, 0.4) is 0 Å². The number of benzene rings is 1. The van der Waals surface area contributed by atoms with Crippen molar-refractivity contribution >= 4 is 23.2 Å². The van der Waals surface area contributed by atoms with E-state index in [0.29, 0.717) is 21.9 Å². The number of nitrogens with one attached hydrogen (secondary N) is 1. The summed E-state index contributed by atoms with van der Waals surface area (Å²) in [6, 6.07) is 12.5. The fourth-order valence-corrected chi connectivity index (χ4v) is 3.37. The van der Waals surface area contributed by atoms with E-state index >= 15 is 0 Å². The van der Waals surface area contributed by atoms with Crippen molar-refractivity contribution in [3.05, 3.63) is 63.9 Å². The van der Waals surface area contributed by atoms with Gasteiger partial charge in [-0.2, -0.15) is 0 Å². The fraction of sp³-hybridized carbons (Fsp3) is 0.312. The first kappa shape index (κ1) is 13.9. The molecule has 0 bridgehead atoms. The zero-order valence-corrected chi connectivity index (χ0v) is 12.7. The van der Waals surface area contributed by atoms with Gasteiger partial charge in [0.2, 0.25) is 0 Å². The second-order valence-electron chi connectivity index (χ2n) is 5.20. The largest absolute Gasteiger partial charge is 0.311 e. The van der Waals surface area contributed by atoms with Gasteiger partial charge in [-0.05, 0) is 36.9 Å². The van der Waals surface area contributed by atoms with Gasteiger partial charge >= 0.3 is 0 Å². The molecule has 0 amide bonds. The number of pyridine rings is 1. The van der Waals surface area contributed by atoms with Crippen LogP contribution in [0, 0.1) is 5.92 Å². The molecule has 0 aliphatic heterocycles. The molecule has 0 saturated heterocycles. The summed E-state index contributed by atoms with van der Waals surface area (Å²) in [4.78, 5) is 4.41. The molecule has 1 aliphatic rings. The van der Waals surface area contributed by atoms with Crippen LogP contribution in [-0.2, 0) is 0 Å². The lowest BCUT2D eigenvalue weighted by atomic mass is 10.0. The monoisotopic (exact) mass is 306 g/mol. The lowest BCUT2D eigenvalue weighted by molar-refractivity contribution is 0.505. The molecule has 4 heteroatoms. The van der Waals surface area contributed by atoms with E-state index < -0.39 is 0 Å². The van der Waals surface area contributed by atoms with E-state index in [0.717, 1.165) is 12.1 Å². The smallest absolute Gasteiger partial charge is 0.0763 e. The summed E-state index contributed by atoms with van der Waals surface area (Å²) < 4.78 is 0. The van der Waals surface area contributed by atoms with Crippen LogP contribution in [0.25, 0.3) is 0 Å². The molecule has 1 fully saturated rings. The number of hydrogen-bond donors (Lipinski definition) is 1. The third-order valence-corrected chi connectivity index (χ3v) is 4.45. The van der Waals surface area contributed by atoms with Crippen LogP contribution in [0.5, 0.6) is 0 Å². The van der Waals surface area contributed by atoms with E-state index in [4.69, 9.17) is 23.2 Å². The van der Waals surface area contributed by atoms with Crippen LogP contribution in [0.2, 0.25) is 10.0 Å². The highest BCUT2D eigenvalue weighted by atomic mass is 35.5. The van der Waals surface area contributed by atoms with Crippen LogP contribution in [0.15, 0.2) is 42.6 Å². The zero-order valence-electron chi connectivity index (χ0n) is 11.2. The molecule has 20 heavy (non-hydrogen) atoms. The number of nitrogens with zero attached hydrogens (tertiary/aromatic N) is 1. The maximum absolute atomic E-state index is 6.28. The lowest BCUT2D eigenvalue weighted by Crippen LogP contribution is -2.20. The van der Waals surface area contributed by atoms with Gasteiger partial charge in [0, 0.05) is 6.20 Å². The van der Waals surface area contributed by atoms with Crippen LogP contribution in [0.4, 0.5) is 0 Å². The number of hydrogen-bond acceptors (Lipinski definition) is 2. The predicted molar refractivity (Wildman–Crippen MR) is 83.3 cm³/mol. The van der Waals surface area contributed by atoms with Gasteiger partial charge < -0.3 is 5.32 Å². The summed E-state index contributed by atoms with van der Waals surface area (Å²) in [5, 5.41) is 4.56. The first-order valence-electron chi connectivity index (χ1n) is 6.74. The fourth-order valence-electron chi connectivity index (χ4n) is 2.87. The van der Waals surface area contributed by atoms with Gasteiger partial charge in [0.05, 0.1) is 21.8 Å². The van der Waals surface area contributed by atoms with Crippen molar-refractivity contribution in [3.8, 4) is 0 Å². The second kappa shape index (κ2) is 5.72. The normalized spacial score (nSPS) is 22.6. The average Bonchev–Trinajstić information content (AvgIpc) is 3.23. The average molecular weight is 307 g/mol. The first-order valence-corrected chi connectivity index (χ1v) is 7.49. The minimum absolute atomic E-state index is 0.171. The van der Waals surface area contributed by atoms with Crippen LogP contribution < -0.4 is 5.32 Å². The summed E-state index contributed by atoms with van der Waals surface area (Å²) in [6.07, 6.45) is 2.82. The third kappa shape index (κ3) is 2.69. The van der Waals surface area contributed by atoms with Crippen molar-refractivity contribution in [2.24, 2.45) is 5.92 Å². The Morgan fingerprint density at radius 2 is 2.00 bits per heavy atom. The van der Waals surface area contributed by atoms with Crippen LogP contribution in [-0.4, -0.2) is 12.0 Å². The molecule has 1 saturated carbocycles. The maximum atomic E-state index is 6.28. The Morgan fingerprint density at radius 1 is 1.25 bits per heavy atom. The summed E-state index contributed by atoms with van der Waals surface area (Å²) >= 11 is 12.2. The summed E-state index contributed by atoms with van der Waals surface area (Å²) in [5.74, 6) is 1.12. The third-order valence-electron chi connectivity index (χ3n) is 3.94. The highest BCUT2D eigenvalue weighted by molar-refractivity contribution is 6.34.